The van der Waals surface area contributed by atoms with Crippen LogP contribution in [0.3, 0.4) is 0 Å². The zero-order valence-corrected chi connectivity index (χ0v) is 12.8. The lowest BCUT2D eigenvalue weighted by Gasteiger charge is -2.10. The van der Waals surface area contributed by atoms with Gasteiger partial charge in [0.1, 0.15) is 0 Å². The smallest absolute Gasteiger partial charge is 0.314 e. The molecule has 0 saturated heterocycles. The standard InChI is InChI=1S/C15H22N2O5/c1-21-12-6-5-11(10-13(12)22-2)4-3-8-16-15(20)17-9-7-14(18)19/h5-6,10H,3-4,7-9H2,1-2H3,(H,18,19)(H2,16,17,20). The molecule has 0 fully saturated rings. The fraction of sp³-hybridized carbons (Fsp3) is 0.467. The zero-order valence-electron chi connectivity index (χ0n) is 12.8. The van der Waals surface area contributed by atoms with E-state index in [1.54, 1.807) is 14.2 Å². The number of methoxy groups -OCH3 is 2. The first-order valence-corrected chi connectivity index (χ1v) is 7.01. The van der Waals surface area contributed by atoms with Gasteiger partial charge in [0.15, 0.2) is 11.5 Å². The molecule has 1 rings (SSSR count). The van der Waals surface area contributed by atoms with Crippen molar-refractivity contribution in [2.45, 2.75) is 19.3 Å². The summed E-state index contributed by atoms with van der Waals surface area (Å²) in [5.74, 6) is 0.426. The van der Waals surface area contributed by atoms with Crippen molar-refractivity contribution in [2.24, 2.45) is 0 Å². The third-order valence-corrected chi connectivity index (χ3v) is 3.00. The Morgan fingerprint density at radius 1 is 1.09 bits per heavy atom. The molecule has 7 heteroatoms. The summed E-state index contributed by atoms with van der Waals surface area (Å²) in [6.07, 6.45) is 1.47. The van der Waals surface area contributed by atoms with Gasteiger partial charge in [0.2, 0.25) is 0 Å². The number of aliphatic carboxylic acids is 1. The van der Waals surface area contributed by atoms with Gasteiger partial charge in [0.05, 0.1) is 20.6 Å². The molecule has 0 saturated carbocycles. The van der Waals surface area contributed by atoms with Gasteiger partial charge in [-0.25, -0.2) is 4.79 Å². The molecule has 0 bridgehead atoms. The van der Waals surface area contributed by atoms with Crippen LogP contribution in [0.5, 0.6) is 11.5 Å². The summed E-state index contributed by atoms with van der Waals surface area (Å²) in [7, 11) is 3.18. The Labute approximate surface area is 129 Å². The van der Waals surface area contributed by atoms with Crippen LogP contribution in [0, 0.1) is 0 Å². The highest BCUT2D eigenvalue weighted by atomic mass is 16.5. The number of aryl methyl sites for hydroxylation is 1. The number of carboxylic acid groups (broad SMARTS) is 1. The van der Waals surface area contributed by atoms with Gasteiger partial charge in [-0.15, -0.1) is 0 Å². The highest BCUT2D eigenvalue weighted by Gasteiger charge is 2.05. The zero-order chi connectivity index (χ0) is 16.4. The van der Waals surface area contributed by atoms with E-state index in [1.165, 1.54) is 0 Å². The number of amides is 2. The second-order valence-electron chi connectivity index (χ2n) is 4.62. The lowest BCUT2D eigenvalue weighted by molar-refractivity contribution is -0.136. The van der Waals surface area contributed by atoms with Crippen molar-refractivity contribution in [3.63, 3.8) is 0 Å². The third-order valence-electron chi connectivity index (χ3n) is 3.00. The third kappa shape index (κ3) is 6.34. The average Bonchev–Trinajstić information content (AvgIpc) is 2.51. The summed E-state index contributed by atoms with van der Waals surface area (Å²) in [5.41, 5.74) is 1.09. The van der Waals surface area contributed by atoms with E-state index in [4.69, 9.17) is 14.6 Å². The van der Waals surface area contributed by atoms with Crippen molar-refractivity contribution < 1.29 is 24.2 Å². The highest BCUT2D eigenvalue weighted by molar-refractivity contribution is 5.74. The van der Waals surface area contributed by atoms with Crippen LogP contribution in [0.1, 0.15) is 18.4 Å². The molecule has 0 spiro atoms. The number of benzene rings is 1. The summed E-state index contributed by atoms with van der Waals surface area (Å²) in [4.78, 5) is 21.7. The summed E-state index contributed by atoms with van der Waals surface area (Å²) in [6.45, 7) is 0.629. The van der Waals surface area contributed by atoms with E-state index in [2.05, 4.69) is 10.6 Å². The maximum absolute atomic E-state index is 11.4. The Kier molecular flexibility index (Phi) is 7.60. The molecule has 3 N–H and O–H groups in total. The number of carbonyl (C=O) groups is 2. The van der Waals surface area contributed by atoms with Gasteiger partial charge in [0.25, 0.3) is 0 Å². The molecular formula is C15H22N2O5. The van der Waals surface area contributed by atoms with Crippen LogP contribution in [-0.2, 0) is 11.2 Å². The Hall–Kier alpha value is -2.44. The summed E-state index contributed by atoms with van der Waals surface area (Å²) in [6, 6.07) is 5.36. The first-order valence-electron chi connectivity index (χ1n) is 7.01. The van der Waals surface area contributed by atoms with Gasteiger partial charge < -0.3 is 25.2 Å². The molecule has 22 heavy (non-hydrogen) atoms. The van der Waals surface area contributed by atoms with Gasteiger partial charge in [-0.2, -0.15) is 0 Å². The van der Waals surface area contributed by atoms with Gasteiger partial charge in [0, 0.05) is 13.1 Å². The average molecular weight is 310 g/mol. The number of rotatable bonds is 9. The first-order chi connectivity index (χ1) is 10.6. The van der Waals surface area contributed by atoms with E-state index >= 15 is 0 Å². The minimum Gasteiger partial charge on any atom is -0.493 e. The second-order valence-corrected chi connectivity index (χ2v) is 4.62. The van der Waals surface area contributed by atoms with Crippen molar-refractivity contribution in [3.05, 3.63) is 23.8 Å². The minimum absolute atomic E-state index is 0.0843. The van der Waals surface area contributed by atoms with Crippen molar-refractivity contribution in [1.29, 1.82) is 0 Å². The lowest BCUT2D eigenvalue weighted by atomic mass is 10.1. The van der Waals surface area contributed by atoms with Gasteiger partial charge in [-0.05, 0) is 30.5 Å². The van der Waals surface area contributed by atoms with Crippen molar-refractivity contribution in [2.75, 3.05) is 27.3 Å². The Morgan fingerprint density at radius 2 is 1.77 bits per heavy atom. The normalized spacial score (nSPS) is 9.91. The van der Waals surface area contributed by atoms with Crippen LogP contribution in [-0.4, -0.2) is 44.4 Å². The van der Waals surface area contributed by atoms with E-state index in [0.29, 0.717) is 18.0 Å². The van der Waals surface area contributed by atoms with Crippen LogP contribution >= 0.6 is 0 Å². The maximum atomic E-state index is 11.4. The monoisotopic (exact) mass is 310 g/mol. The van der Waals surface area contributed by atoms with Crippen molar-refractivity contribution in [3.8, 4) is 11.5 Å². The topological polar surface area (TPSA) is 96.9 Å². The highest BCUT2D eigenvalue weighted by Crippen LogP contribution is 2.27. The molecule has 2 amide bonds. The van der Waals surface area contributed by atoms with Crippen molar-refractivity contribution in [1.82, 2.24) is 10.6 Å². The van der Waals surface area contributed by atoms with Crippen LogP contribution in [0.15, 0.2) is 18.2 Å². The van der Waals surface area contributed by atoms with Crippen molar-refractivity contribution >= 4 is 12.0 Å². The lowest BCUT2D eigenvalue weighted by Crippen LogP contribution is -2.37. The van der Waals surface area contributed by atoms with Crippen LogP contribution in [0.4, 0.5) is 4.79 Å². The van der Waals surface area contributed by atoms with Gasteiger partial charge >= 0.3 is 12.0 Å². The number of nitrogens with one attached hydrogen (secondary N) is 2. The number of urea groups is 1. The number of carbonyl (C=O) groups excluding carboxylic acids is 1. The van der Waals surface area contributed by atoms with Crippen LogP contribution in [0.2, 0.25) is 0 Å². The van der Waals surface area contributed by atoms with E-state index in [0.717, 1.165) is 18.4 Å². The SMILES string of the molecule is COc1ccc(CCCNC(=O)NCCC(=O)O)cc1OC. The number of hydrogen-bond acceptors (Lipinski definition) is 4. The maximum Gasteiger partial charge on any atom is 0.314 e. The summed E-state index contributed by atoms with van der Waals surface area (Å²) >= 11 is 0. The predicted octanol–water partition coefficient (Wildman–Crippen LogP) is 1.41. The molecule has 1 aromatic rings. The minimum atomic E-state index is -0.936. The van der Waals surface area contributed by atoms with E-state index < -0.39 is 5.97 Å². The van der Waals surface area contributed by atoms with Crippen LogP contribution < -0.4 is 20.1 Å². The molecule has 0 radical (unpaired) electrons. The molecule has 0 aliphatic heterocycles. The van der Waals surface area contributed by atoms with Gasteiger partial charge in [-0.1, -0.05) is 6.07 Å². The van der Waals surface area contributed by atoms with E-state index in [9.17, 15) is 9.59 Å². The van der Waals surface area contributed by atoms with Crippen LogP contribution in [0.25, 0.3) is 0 Å². The van der Waals surface area contributed by atoms with E-state index in [1.807, 2.05) is 18.2 Å². The fourth-order valence-electron chi connectivity index (χ4n) is 1.88. The quantitative estimate of drug-likeness (QED) is 0.599. The summed E-state index contributed by atoms with van der Waals surface area (Å²) in [5, 5.41) is 13.6. The number of hydrogen-bond donors (Lipinski definition) is 3. The molecule has 0 aliphatic rings. The molecule has 0 atom stereocenters. The summed E-state index contributed by atoms with van der Waals surface area (Å²) < 4.78 is 10.4. The van der Waals surface area contributed by atoms with E-state index in [-0.39, 0.29) is 19.0 Å². The fourth-order valence-corrected chi connectivity index (χ4v) is 1.88. The Morgan fingerprint density at radius 3 is 2.41 bits per heavy atom. The first kappa shape index (κ1) is 17.6. The Bertz CT molecular complexity index is 505. The molecule has 1 aromatic carbocycles. The number of carboxylic acids is 1. The Balaban J connectivity index is 2.27. The molecule has 122 valence electrons. The van der Waals surface area contributed by atoms with Gasteiger partial charge in [-0.3, -0.25) is 4.79 Å². The molecule has 0 heterocycles. The molecular weight excluding hydrogens is 288 g/mol. The molecule has 0 unspecified atom stereocenters. The molecule has 7 nitrogen and oxygen atoms in total. The molecule has 0 aliphatic carbocycles. The largest absolute Gasteiger partial charge is 0.493 e. The molecule has 0 aromatic heterocycles. The number of ether oxygens (including phenoxy) is 2. The predicted molar refractivity (Wildman–Crippen MR) is 81.5 cm³/mol. The second kappa shape index (κ2) is 9.49.